The number of rotatable bonds is 18. The molecule has 0 aliphatic carbocycles. The Hall–Kier alpha value is 0.628. The summed E-state index contributed by atoms with van der Waals surface area (Å²) >= 11 is 0. The second kappa shape index (κ2) is 13.9. The number of unbranched alkanes of at least 4 members (excludes halogenated alkanes) is 3. The topological polar surface area (TPSA) is 55.4 Å². The van der Waals surface area contributed by atoms with Gasteiger partial charge in [0, 0.05) is 26.4 Å². The van der Waals surface area contributed by atoms with Crippen molar-refractivity contribution in [3.05, 3.63) is 0 Å². The molecule has 0 fully saturated rings. The molecular formula is C19H48O6Si4. The Bertz CT molecular complexity index is 375. The molecule has 6 nitrogen and oxygen atoms in total. The molecule has 0 aromatic carbocycles. The third-order valence-electron chi connectivity index (χ3n) is 4.14. The first-order valence-corrected chi connectivity index (χ1v) is 22.0. The fourth-order valence-corrected chi connectivity index (χ4v) is 17.8. The van der Waals surface area contributed by atoms with Crippen molar-refractivity contribution in [3.63, 3.8) is 0 Å². The molecule has 0 amide bonds. The van der Waals surface area contributed by atoms with Crippen molar-refractivity contribution in [3.8, 4) is 0 Å². The van der Waals surface area contributed by atoms with E-state index in [4.69, 9.17) is 25.6 Å². The van der Waals surface area contributed by atoms with E-state index in [0.717, 1.165) is 38.5 Å². The molecule has 10 heteroatoms. The first-order chi connectivity index (χ1) is 13.3. The lowest BCUT2D eigenvalue weighted by atomic mass is 10.4. The Labute approximate surface area is 185 Å². The van der Waals surface area contributed by atoms with E-state index in [1.54, 1.807) is 0 Å². The summed E-state index contributed by atoms with van der Waals surface area (Å²) in [5.41, 5.74) is 0. The van der Waals surface area contributed by atoms with E-state index in [9.17, 15) is 0 Å². The van der Waals surface area contributed by atoms with Crippen molar-refractivity contribution in [1.82, 2.24) is 0 Å². The summed E-state index contributed by atoms with van der Waals surface area (Å²) < 4.78 is 38.1. The maximum Gasteiger partial charge on any atom is 0.470 e. The zero-order valence-electron chi connectivity index (χ0n) is 20.8. The van der Waals surface area contributed by atoms with Crippen LogP contribution >= 0.6 is 0 Å². The Balaban J connectivity index is 5.33. The largest absolute Gasteiger partial charge is 0.470 e. The van der Waals surface area contributed by atoms with Crippen LogP contribution in [0.15, 0.2) is 0 Å². The molecule has 176 valence electrons. The average Bonchev–Trinajstić information content (AvgIpc) is 2.52. The molecule has 0 N–H and O–H groups in total. The highest BCUT2D eigenvalue weighted by atomic mass is 28.5. The first-order valence-electron chi connectivity index (χ1n) is 11.3. The first kappa shape index (κ1) is 29.6. The van der Waals surface area contributed by atoms with Crippen LogP contribution in [0.4, 0.5) is 0 Å². The van der Waals surface area contributed by atoms with Gasteiger partial charge in [0.05, 0.1) is 0 Å². The molecule has 29 heavy (non-hydrogen) atoms. The van der Waals surface area contributed by atoms with Crippen LogP contribution in [0.2, 0.25) is 45.8 Å². The predicted molar refractivity (Wildman–Crippen MR) is 130 cm³/mol. The zero-order chi connectivity index (χ0) is 22.6. The van der Waals surface area contributed by atoms with Crippen LogP contribution in [-0.4, -0.2) is 54.3 Å². The van der Waals surface area contributed by atoms with Crippen molar-refractivity contribution in [2.75, 3.05) is 19.8 Å². The monoisotopic (exact) mass is 484 g/mol. The lowest BCUT2D eigenvalue weighted by Crippen LogP contribution is -2.62. The van der Waals surface area contributed by atoms with E-state index in [1.807, 2.05) is 6.55 Å². The second-order valence-corrected chi connectivity index (χ2v) is 22.4. The molecule has 0 bridgehead atoms. The molecule has 0 saturated heterocycles. The van der Waals surface area contributed by atoms with Crippen molar-refractivity contribution in [2.45, 2.75) is 105 Å². The molecular weight excluding hydrogens is 437 g/mol. The van der Waals surface area contributed by atoms with Crippen LogP contribution in [0.5, 0.6) is 0 Å². The maximum atomic E-state index is 6.58. The fourth-order valence-electron chi connectivity index (χ4n) is 2.88. The maximum absolute atomic E-state index is 6.58. The minimum atomic E-state index is -3.03. The van der Waals surface area contributed by atoms with Crippen molar-refractivity contribution >= 4 is 34.5 Å². The van der Waals surface area contributed by atoms with E-state index < -0.39 is 34.5 Å². The molecule has 0 spiro atoms. The van der Waals surface area contributed by atoms with Gasteiger partial charge in [-0.1, -0.05) is 40.0 Å². The molecule has 0 radical (unpaired) electrons. The zero-order valence-corrected chi connectivity index (χ0v) is 24.8. The Kier molecular flexibility index (Phi) is 14.2. The van der Waals surface area contributed by atoms with Gasteiger partial charge in [0.2, 0.25) is 0 Å². The smallest absolute Gasteiger partial charge is 0.395 e. The molecule has 0 aliphatic rings. The summed E-state index contributed by atoms with van der Waals surface area (Å²) in [5, 5.41) is 0. The molecule has 0 rings (SSSR count). The van der Waals surface area contributed by atoms with Crippen molar-refractivity contribution < 1.29 is 25.6 Å². The molecule has 0 aromatic heterocycles. The van der Waals surface area contributed by atoms with Gasteiger partial charge in [-0.3, -0.25) is 0 Å². The SMILES string of the molecule is CCCCO[Si](C)(C)O[Si](C)(O[Si](C)(C)OCCCC)O[Si](C)(C)OCCCC. The van der Waals surface area contributed by atoms with Gasteiger partial charge in [0.25, 0.3) is 0 Å². The van der Waals surface area contributed by atoms with Gasteiger partial charge in [-0.05, 0) is 58.5 Å². The quantitative estimate of drug-likeness (QED) is 0.171. The van der Waals surface area contributed by atoms with Gasteiger partial charge in [-0.25, -0.2) is 0 Å². The predicted octanol–water partition coefficient (Wildman–Crippen LogP) is 6.16. The van der Waals surface area contributed by atoms with Crippen LogP contribution in [0.1, 0.15) is 59.3 Å². The average molecular weight is 485 g/mol. The van der Waals surface area contributed by atoms with Gasteiger partial charge in [-0.2, -0.15) is 0 Å². The van der Waals surface area contributed by atoms with Crippen LogP contribution in [0.3, 0.4) is 0 Å². The summed E-state index contributed by atoms with van der Waals surface area (Å²) in [7, 11) is -10.2. The van der Waals surface area contributed by atoms with E-state index in [-0.39, 0.29) is 0 Å². The van der Waals surface area contributed by atoms with E-state index in [2.05, 4.69) is 60.1 Å². The van der Waals surface area contributed by atoms with Gasteiger partial charge < -0.3 is 25.6 Å². The minimum absolute atomic E-state index is 0.710. The van der Waals surface area contributed by atoms with E-state index >= 15 is 0 Å². The second-order valence-electron chi connectivity index (χ2n) is 8.97. The number of hydrogen-bond donors (Lipinski definition) is 0. The Morgan fingerprint density at radius 1 is 0.448 bits per heavy atom. The Morgan fingerprint density at radius 2 is 0.690 bits per heavy atom. The normalized spacial score (nSPS) is 13.9. The van der Waals surface area contributed by atoms with Crippen LogP contribution < -0.4 is 0 Å². The fraction of sp³-hybridized carbons (Fsp3) is 1.00. The van der Waals surface area contributed by atoms with E-state index in [0.29, 0.717) is 19.8 Å². The summed E-state index contributed by atoms with van der Waals surface area (Å²) in [4.78, 5) is 0. The summed E-state index contributed by atoms with van der Waals surface area (Å²) in [6, 6.07) is 0. The highest BCUT2D eigenvalue weighted by Crippen LogP contribution is 2.27. The highest BCUT2D eigenvalue weighted by Gasteiger charge is 2.51. The molecule has 0 unspecified atom stereocenters. The lowest BCUT2D eigenvalue weighted by Gasteiger charge is -2.41. The number of hydrogen-bond acceptors (Lipinski definition) is 6. The van der Waals surface area contributed by atoms with Crippen molar-refractivity contribution in [1.29, 1.82) is 0 Å². The van der Waals surface area contributed by atoms with Gasteiger partial charge in [0.1, 0.15) is 0 Å². The molecule has 0 aromatic rings. The summed E-state index contributed by atoms with van der Waals surface area (Å²) in [6.07, 6.45) is 6.38. The summed E-state index contributed by atoms with van der Waals surface area (Å²) in [6.45, 7) is 23.0. The van der Waals surface area contributed by atoms with E-state index in [1.165, 1.54) is 0 Å². The molecule has 0 saturated carbocycles. The Morgan fingerprint density at radius 3 is 0.897 bits per heavy atom. The van der Waals surface area contributed by atoms with Crippen LogP contribution in [0.25, 0.3) is 0 Å². The highest BCUT2D eigenvalue weighted by molar-refractivity contribution is 6.86. The lowest BCUT2D eigenvalue weighted by molar-refractivity contribution is 0.141. The van der Waals surface area contributed by atoms with Crippen LogP contribution in [0, 0.1) is 0 Å². The van der Waals surface area contributed by atoms with Gasteiger partial charge in [0.15, 0.2) is 0 Å². The molecule has 0 atom stereocenters. The molecule has 0 heterocycles. The third kappa shape index (κ3) is 15.1. The molecule has 0 aliphatic heterocycles. The third-order valence-corrected chi connectivity index (χ3v) is 17.2. The van der Waals surface area contributed by atoms with Gasteiger partial charge in [-0.15, -0.1) is 0 Å². The standard InChI is InChI=1S/C19H48O6Si4/c1-11-14-17-20-26(4,5)23-29(10,24-27(6,7)21-18-15-12-2)25-28(8,9)22-19-16-13-3/h11-19H2,1-10H3. The minimum Gasteiger partial charge on any atom is -0.395 e. The summed E-state index contributed by atoms with van der Waals surface area (Å²) in [5.74, 6) is 0. The van der Waals surface area contributed by atoms with Gasteiger partial charge >= 0.3 is 34.5 Å². The van der Waals surface area contributed by atoms with Crippen molar-refractivity contribution in [2.24, 2.45) is 0 Å². The van der Waals surface area contributed by atoms with Crippen LogP contribution in [-0.2, 0) is 25.6 Å².